The molecule has 0 aliphatic rings. The maximum atomic E-state index is 8.62. The standard InChI is InChI=1S/C6H10O2/c1-4-6(8-3)5(2)7/h4,7H,2H2,1,3H3/b6-4-. The molecule has 0 aromatic rings. The van der Waals surface area contributed by atoms with E-state index in [0.717, 1.165) is 0 Å². The van der Waals surface area contributed by atoms with Crippen molar-refractivity contribution in [2.45, 2.75) is 6.92 Å². The number of allylic oxidation sites excluding steroid dienone is 1. The highest BCUT2D eigenvalue weighted by Gasteiger charge is 1.93. The summed E-state index contributed by atoms with van der Waals surface area (Å²) in [5, 5.41) is 8.62. The second-order valence-corrected chi connectivity index (χ2v) is 1.30. The van der Waals surface area contributed by atoms with Crippen LogP contribution in [-0.2, 0) is 4.74 Å². The quantitative estimate of drug-likeness (QED) is 0.436. The average Bonchev–Trinajstić information content (AvgIpc) is 1.69. The Morgan fingerprint density at radius 2 is 2.25 bits per heavy atom. The maximum Gasteiger partial charge on any atom is 0.155 e. The Labute approximate surface area is 49.1 Å². The van der Waals surface area contributed by atoms with Gasteiger partial charge in [0.2, 0.25) is 0 Å². The van der Waals surface area contributed by atoms with Crippen LogP contribution in [0.4, 0.5) is 0 Å². The van der Waals surface area contributed by atoms with E-state index in [1.807, 2.05) is 0 Å². The minimum absolute atomic E-state index is 0.0324. The first-order valence-electron chi connectivity index (χ1n) is 2.31. The third-order valence-electron chi connectivity index (χ3n) is 0.767. The van der Waals surface area contributed by atoms with Crippen LogP contribution in [0.15, 0.2) is 24.2 Å². The second kappa shape index (κ2) is 3.13. The van der Waals surface area contributed by atoms with Gasteiger partial charge in [-0.05, 0) is 13.0 Å². The molecule has 0 aromatic carbocycles. The van der Waals surface area contributed by atoms with E-state index >= 15 is 0 Å². The highest BCUT2D eigenvalue weighted by atomic mass is 16.5. The van der Waals surface area contributed by atoms with Crippen LogP contribution in [0.2, 0.25) is 0 Å². The summed E-state index contributed by atoms with van der Waals surface area (Å²) in [6.07, 6.45) is 1.64. The molecule has 46 valence electrons. The number of ether oxygens (including phenoxy) is 1. The summed E-state index contributed by atoms with van der Waals surface area (Å²) in [7, 11) is 1.48. The maximum absolute atomic E-state index is 8.62. The summed E-state index contributed by atoms with van der Waals surface area (Å²) in [6.45, 7) is 5.02. The number of aliphatic hydroxyl groups is 1. The summed E-state index contributed by atoms with van der Waals surface area (Å²) in [5.74, 6) is 0.389. The van der Waals surface area contributed by atoms with Gasteiger partial charge in [0.1, 0.15) is 5.76 Å². The lowest BCUT2D eigenvalue weighted by molar-refractivity contribution is 0.256. The van der Waals surface area contributed by atoms with Crippen molar-refractivity contribution in [1.82, 2.24) is 0 Å². The molecule has 0 rings (SSSR count). The molecule has 0 aromatic heterocycles. The second-order valence-electron chi connectivity index (χ2n) is 1.30. The van der Waals surface area contributed by atoms with Crippen molar-refractivity contribution in [2.24, 2.45) is 0 Å². The lowest BCUT2D eigenvalue weighted by Gasteiger charge is -1.99. The van der Waals surface area contributed by atoms with Crippen molar-refractivity contribution in [3.05, 3.63) is 24.2 Å². The molecular formula is C6H10O2. The van der Waals surface area contributed by atoms with Crippen LogP contribution in [0.3, 0.4) is 0 Å². The van der Waals surface area contributed by atoms with E-state index in [-0.39, 0.29) is 5.76 Å². The molecule has 0 heterocycles. The molecule has 0 radical (unpaired) electrons. The third kappa shape index (κ3) is 1.69. The van der Waals surface area contributed by atoms with Crippen LogP contribution in [0, 0.1) is 0 Å². The van der Waals surface area contributed by atoms with Crippen molar-refractivity contribution >= 4 is 0 Å². The largest absolute Gasteiger partial charge is 0.505 e. The first-order valence-corrected chi connectivity index (χ1v) is 2.31. The van der Waals surface area contributed by atoms with Gasteiger partial charge in [-0.2, -0.15) is 0 Å². The first-order chi connectivity index (χ1) is 3.72. The predicted molar refractivity (Wildman–Crippen MR) is 32.5 cm³/mol. The molecular weight excluding hydrogens is 104 g/mol. The fraction of sp³-hybridized carbons (Fsp3) is 0.333. The van der Waals surface area contributed by atoms with Crippen LogP contribution in [-0.4, -0.2) is 12.2 Å². The van der Waals surface area contributed by atoms with Crippen LogP contribution in [0.1, 0.15) is 6.92 Å². The molecule has 0 amide bonds. The topological polar surface area (TPSA) is 29.5 Å². The van der Waals surface area contributed by atoms with Gasteiger partial charge in [-0.15, -0.1) is 0 Å². The summed E-state index contributed by atoms with van der Waals surface area (Å²) < 4.78 is 4.67. The van der Waals surface area contributed by atoms with Gasteiger partial charge in [-0.3, -0.25) is 0 Å². The van der Waals surface area contributed by atoms with E-state index in [1.54, 1.807) is 13.0 Å². The minimum Gasteiger partial charge on any atom is -0.505 e. The van der Waals surface area contributed by atoms with E-state index in [1.165, 1.54) is 7.11 Å². The smallest absolute Gasteiger partial charge is 0.155 e. The van der Waals surface area contributed by atoms with Crippen LogP contribution in [0.5, 0.6) is 0 Å². The zero-order valence-corrected chi connectivity index (χ0v) is 5.14. The minimum atomic E-state index is -0.0324. The number of hydrogen-bond donors (Lipinski definition) is 1. The SMILES string of the molecule is C=C(O)/C(=C/C)OC. The Hall–Kier alpha value is -0.920. The molecule has 0 unspecified atom stereocenters. The van der Waals surface area contributed by atoms with Gasteiger partial charge < -0.3 is 9.84 Å². The lowest BCUT2D eigenvalue weighted by atomic mass is 10.4. The lowest BCUT2D eigenvalue weighted by Crippen LogP contribution is -1.87. The fourth-order valence-electron chi connectivity index (χ4n) is 0.402. The molecule has 0 saturated carbocycles. The van der Waals surface area contributed by atoms with Crippen molar-refractivity contribution < 1.29 is 9.84 Å². The zero-order chi connectivity index (χ0) is 6.57. The molecule has 1 N–H and O–H groups in total. The number of rotatable bonds is 2. The third-order valence-corrected chi connectivity index (χ3v) is 0.767. The molecule has 2 nitrogen and oxygen atoms in total. The van der Waals surface area contributed by atoms with Gasteiger partial charge in [0.25, 0.3) is 0 Å². The van der Waals surface area contributed by atoms with E-state index < -0.39 is 0 Å². The Morgan fingerprint density at radius 3 is 2.25 bits per heavy atom. The molecule has 0 saturated heterocycles. The molecule has 0 bridgehead atoms. The molecule has 0 atom stereocenters. The van der Waals surface area contributed by atoms with Gasteiger partial charge in [-0.25, -0.2) is 0 Å². The van der Waals surface area contributed by atoms with Gasteiger partial charge in [0, 0.05) is 0 Å². The van der Waals surface area contributed by atoms with Gasteiger partial charge in [0.15, 0.2) is 5.76 Å². The Bertz CT molecular complexity index is 114. The number of methoxy groups -OCH3 is 1. The van der Waals surface area contributed by atoms with Crippen molar-refractivity contribution in [3.63, 3.8) is 0 Å². The highest BCUT2D eigenvalue weighted by molar-refractivity contribution is 5.13. The summed E-state index contributed by atoms with van der Waals surface area (Å²) in [4.78, 5) is 0. The molecule has 8 heavy (non-hydrogen) atoms. The van der Waals surface area contributed by atoms with Crippen molar-refractivity contribution in [1.29, 1.82) is 0 Å². The Kier molecular flexibility index (Phi) is 2.77. The number of hydrogen-bond acceptors (Lipinski definition) is 2. The fourth-order valence-corrected chi connectivity index (χ4v) is 0.402. The van der Waals surface area contributed by atoms with Gasteiger partial charge in [-0.1, -0.05) is 6.58 Å². The van der Waals surface area contributed by atoms with Crippen molar-refractivity contribution in [2.75, 3.05) is 7.11 Å². The Morgan fingerprint density at radius 1 is 1.75 bits per heavy atom. The van der Waals surface area contributed by atoms with E-state index in [9.17, 15) is 0 Å². The number of aliphatic hydroxyl groups excluding tert-OH is 1. The molecule has 0 aliphatic carbocycles. The summed E-state index contributed by atoms with van der Waals surface area (Å²) in [6, 6.07) is 0. The van der Waals surface area contributed by atoms with Crippen LogP contribution < -0.4 is 0 Å². The monoisotopic (exact) mass is 114 g/mol. The van der Waals surface area contributed by atoms with E-state index in [4.69, 9.17) is 5.11 Å². The van der Waals surface area contributed by atoms with Crippen LogP contribution >= 0.6 is 0 Å². The molecule has 0 aliphatic heterocycles. The van der Waals surface area contributed by atoms with Crippen molar-refractivity contribution in [3.8, 4) is 0 Å². The van der Waals surface area contributed by atoms with Gasteiger partial charge >= 0.3 is 0 Å². The Balaban J connectivity index is 3.92. The highest BCUT2D eigenvalue weighted by Crippen LogP contribution is 2.02. The van der Waals surface area contributed by atoms with Crippen LogP contribution in [0.25, 0.3) is 0 Å². The van der Waals surface area contributed by atoms with Gasteiger partial charge in [0.05, 0.1) is 7.11 Å². The normalized spacial score (nSPS) is 11.0. The van der Waals surface area contributed by atoms with E-state index in [2.05, 4.69) is 11.3 Å². The predicted octanol–water partition coefficient (Wildman–Crippen LogP) is 1.61. The first kappa shape index (κ1) is 7.08. The van der Waals surface area contributed by atoms with E-state index in [0.29, 0.717) is 5.76 Å². The molecule has 2 heteroatoms. The summed E-state index contributed by atoms with van der Waals surface area (Å²) >= 11 is 0. The zero-order valence-electron chi connectivity index (χ0n) is 5.14. The molecule has 0 spiro atoms. The molecule has 0 fully saturated rings. The average molecular weight is 114 g/mol. The summed E-state index contributed by atoms with van der Waals surface area (Å²) in [5.41, 5.74) is 0.